The van der Waals surface area contributed by atoms with Crippen molar-refractivity contribution < 1.29 is 4.84 Å². The number of halogens is 1. The Hall–Kier alpha value is -1.02. The van der Waals surface area contributed by atoms with Crippen LogP contribution in [0.5, 0.6) is 0 Å². The summed E-state index contributed by atoms with van der Waals surface area (Å²) < 4.78 is 0. The Bertz CT molecular complexity index is 306. The third kappa shape index (κ3) is 3.04. The molecule has 3 heteroatoms. The van der Waals surface area contributed by atoms with Crippen LogP contribution >= 0.6 is 11.6 Å². The van der Waals surface area contributed by atoms with Gasteiger partial charge in [0.1, 0.15) is 6.61 Å². The predicted octanol–water partition coefficient (Wildman–Crippen LogP) is 3.49. The number of hydrogen-bond donors (Lipinski definition) is 0. The first-order chi connectivity index (χ1) is 6.77. The molecule has 0 amide bonds. The lowest BCUT2D eigenvalue weighted by atomic mass is 10.1. The fourth-order valence-electron chi connectivity index (χ4n) is 1.11. The quantitative estimate of drug-likeness (QED) is 0.552. The van der Waals surface area contributed by atoms with Crippen molar-refractivity contribution in [1.82, 2.24) is 0 Å². The maximum absolute atomic E-state index is 5.79. The van der Waals surface area contributed by atoms with Crippen LogP contribution in [-0.4, -0.2) is 12.3 Å². The second kappa shape index (κ2) is 5.66. The molecule has 0 unspecified atom stereocenters. The average molecular weight is 212 g/mol. The Morgan fingerprint density at radius 2 is 1.93 bits per heavy atom. The maximum Gasteiger partial charge on any atom is 0.114 e. The van der Waals surface area contributed by atoms with Crippen molar-refractivity contribution in [3.63, 3.8) is 0 Å². The SMILES string of the molecule is CCON=C(CC)c1ccc(Cl)cc1. The van der Waals surface area contributed by atoms with Gasteiger partial charge in [-0.05, 0) is 31.0 Å². The zero-order chi connectivity index (χ0) is 10.4. The molecule has 1 aromatic carbocycles. The number of nitrogens with zero attached hydrogens (tertiary/aromatic N) is 1. The van der Waals surface area contributed by atoms with Crippen molar-refractivity contribution >= 4 is 17.3 Å². The third-order valence-corrected chi connectivity index (χ3v) is 2.07. The number of benzene rings is 1. The summed E-state index contributed by atoms with van der Waals surface area (Å²) in [4.78, 5) is 5.03. The summed E-state index contributed by atoms with van der Waals surface area (Å²) in [5.74, 6) is 0. The van der Waals surface area contributed by atoms with E-state index in [0.29, 0.717) is 6.61 Å². The maximum atomic E-state index is 5.79. The lowest BCUT2D eigenvalue weighted by Crippen LogP contribution is -2.00. The lowest BCUT2D eigenvalue weighted by molar-refractivity contribution is 0.158. The van der Waals surface area contributed by atoms with Crippen molar-refractivity contribution in [3.8, 4) is 0 Å². The highest BCUT2D eigenvalue weighted by Crippen LogP contribution is 2.11. The Kier molecular flexibility index (Phi) is 4.47. The molecule has 76 valence electrons. The van der Waals surface area contributed by atoms with Crippen molar-refractivity contribution in [1.29, 1.82) is 0 Å². The monoisotopic (exact) mass is 211 g/mol. The molecule has 0 aliphatic rings. The van der Waals surface area contributed by atoms with Gasteiger partial charge in [-0.3, -0.25) is 0 Å². The van der Waals surface area contributed by atoms with Gasteiger partial charge >= 0.3 is 0 Å². The summed E-state index contributed by atoms with van der Waals surface area (Å²) in [7, 11) is 0. The minimum Gasteiger partial charge on any atom is -0.396 e. The second-order valence-electron chi connectivity index (χ2n) is 2.82. The zero-order valence-electron chi connectivity index (χ0n) is 8.46. The molecule has 2 nitrogen and oxygen atoms in total. The van der Waals surface area contributed by atoms with E-state index in [0.717, 1.165) is 22.7 Å². The predicted molar refractivity (Wildman–Crippen MR) is 59.9 cm³/mol. The van der Waals surface area contributed by atoms with Crippen LogP contribution in [0.25, 0.3) is 0 Å². The smallest absolute Gasteiger partial charge is 0.114 e. The molecule has 0 atom stereocenters. The van der Waals surface area contributed by atoms with Crippen LogP contribution in [0.2, 0.25) is 5.02 Å². The fraction of sp³-hybridized carbons (Fsp3) is 0.364. The van der Waals surface area contributed by atoms with Gasteiger partial charge in [-0.25, -0.2) is 0 Å². The van der Waals surface area contributed by atoms with Crippen LogP contribution in [0.15, 0.2) is 29.4 Å². The summed E-state index contributed by atoms with van der Waals surface area (Å²) in [6.45, 7) is 4.56. The molecule has 0 bridgehead atoms. The minimum absolute atomic E-state index is 0.594. The van der Waals surface area contributed by atoms with Gasteiger partial charge in [0.05, 0.1) is 5.71 Å². The highest BCUT2D eigenvalue weighted by Gasteiger charge is 2.01. The molecule has 0 aliphatic carbocycles. The molecular formula is C11H14ClNO. The summed E-state index contributed by atoms with van der Waals surface area (Å²) in [6, 6.07) is 7.61. The Morgan fingerprint density at radius 1 is 1.29 bits per heavy atom. The highest BCUT2D eigenvalue weighted by atomic mass is 35.5. The van der Waals surface area contributed by atoms with E-state index >= 15 is 0 Å². The average Bonchev–Trinajstić information content (AvgIpc) is 2.21. The van der Waals surface area contributed by atoms with Crippen molar-refractivity contribution in [2.45, 2.75) is 20.3 Å². The topological polar surface area (TPSA) is 21.6 Å². The number of oxime groups is 1. The largest absolute Gasteiger partial charge is 0.396 e. The molecule has 0 radical (unpaired) electrons. The minimum atomic E-state index is 0.594. The summed E-state index contributed by atoms with van der Waals surface area (Å²) >= 11 is 5.79. The molecule has 14 heavy (non-hydrogen) atoms. The fourth-order valence-corrected chi connectivity index (χ4v) is 1.23. The van der Waals surface area contributed by atoms with Gasteiger partial charge in [0.2, 0.25) is 0 Å². The molecule has 0 aliphatic heterocycles. The number of hydrogen-bond acceptors (Lipinski definition) is 2. The van der Waals surface area contributed by atoms with Gasteiger partial charge in [-0.15, -0.1) is 0 Å². The standard InChI is InChI=1S/C11H14ClNO/c1-3-11(13-14-4-2)9-5-7-10(12)8-6-9/h5-8H,3-4H2,1-2H3. The molecule has 1 aromatic rings. The first-order valence-corrected chi connectivity index (χ1v) is 5.10. The molecule has 0 aromatic heterocycles. The van der Waals surface area contributed by atoms with E-state index in [1.165, 1.54) is 0 Å². The van der Waals surface area contributed by atoms with Gasteiger partial charge < -0.3 is 4.84 Å². The van der Waals surface area contributed by atoms with Crippen molar-refractivity contribution in [2.75, 3.05) is 6.61 Å². The van der Waals surface area contributed by atoms with Gasteiger partial charge in [0.25, 0.3) is 0 Å². The van der Waals surface area contributed by atoms with E-state index in [1.807, 2.05) is 38.1 Å². The lowest BCUT2D eigenvalue weighted by Gasteiger charge is -2.03. The second-order valence-corrected chi connectivity index (χ2v) is 3.25. The van der Waals surface area contributed by atoms with Crippen molar-refractivity contribution in [3.05, 3.63) is 34.9 Å². The molecular weight excluding hydrogens is 198 g/mol. The molecule has 0 saturated heterocycles. The Balaban J connectivity index is 2.84. The molecule has 0 heterocycles. The van der Waals surface area contributed by atoms with E-state index < -0.39 is 0 Å². The van der Waals surface area contributed by atoms with Crippen LogP contribution in [-0.2, 0) is 4.84 Å². The summed E-state index contributed by atoms with van der Waals surface area (Å²) in [5.41, 5.74) is 2.01. The first-order valence-electron chi connectivity index (χ1n) is 4.72. The molecule has 0 N–H and O–H groups in total. The van der Waals surface area contributed by atoms with Gasteiger partial charge in [-0.1, -0.05) is 35.8 Å². The molecule has 0 spiro atoms. The van der Waals surface area contributed by atoms with Crippen molar-refractivity contribution in [2.24, 2.45) is 5.16 Å². The zero-order valence-corrected chi connectivity index (χ0v) is 9.21. The normalized spacial score (nSPS) is 11.5. The highest BCUT2D eigenvalue weighted by molar-refractivity contribution is 6.30. The van der Waals surface area contributed by atoms with Gasteiger partial charge in [0.15, 0.2) is 0 Å². The van der Waals surface area contributed by atoms with Crippen LogP contribution in [0.4, 0.5) is 0 Å². The Morgan fingerprint density at radius 3 is 2.43 bits per heavy atom. The van der Waals surface area contributed by atoms with Crippen LogP contribution < -0.4 is 0 Å². The summed E-state index contributed by atoms with van der Waals surface area (Å²) in [6.07, 6.45) is 0.849. The summed E-state index contributed by atoms with van der Waals surface area (Å²) in [5, 5.41) is 4.77. The number of rotatable bonds is 4. The van der Waals surface area contributed by atoms with E-state index in [-0.39, 0.29) is 0 Å². The van der Waals surface area contributed by atoms with Crippen LogP contribution in [0.3, 0.4) is 0 Å². The molecule has 0 saturated carbocycles. The van der Waals surface area contributed by atoms with Gasteiger partial charge in [0, 0.05) is 5.02 Å². The van der Waals surface area contributed by atoms with E-state index in [4.69, 9.17) is 16.4 Å². The van der Waals surface area contributed by atoms with Crippen LogP contribution in [0.1, 0.15) is 25.8 Å². The molecule has 1 rings (SSSR count). The van der Waals surface area contributed by atoms with Gasteiger partial charge in [-0.2, -0.15) is 0 Å². The van der Waals surface area contributed by atoms with E-state index in [9.17, 15) is 0 Å². The van der Waals surface area contributed by atoms with E-state index in [2.05, 4.69) is 5.16 Å². The Labute approximate surface area is 89.5 Å². The van der Waals surface area contributed by atoms with E-state index in [1.54, 1.807) is 0 Å². The molecule has 0 fully saturated rings. The third-order valence-electron chi connectivity index (χ3n) is 1.82. The first kappa shape index (κ1) is 11.1. The van der Waals surface area contributed by atoms with Crippen LogP contribution in [0, 0.1) is 0 Å².